The highest BCUT2D eigenvalue weighted by atomic mass is 32.1. The van der Waals surface area contributed by atoms with Crippen molar-refractivity contribution in [3.8, 4) is 16.8 Å². The van der Waals surface area contributed by atoms with Crippen LogP contribution in [0, 0.1) is 11.3 Å². The molecule has 0 spiro atoms. The number of benzene rings is 1. The highest BCUT2D eigenvalue weighted by Gasteiger charge is 2.09. The Bertz CT molecular complexity index is 769. The van der Waals surface area contributed by atoms with E-state index < -0.39 is 0 Å². The van der Waals surface area contributed by atoms with E-state index in [0.717, 1.165) is 23.7 Å². The number of thiophene rings is 1. The van der Waals surface area contributed by atoms with E-state index in [1.807, 2.05) is 48.8 Å². The van der Waals surface area contributed by atoms with Crippen LogP contribution in [0.2, 0.25) is 0 Å². The maximum atomic E-state index is 8.81. The van der Waals surface area contributed by atoms with Gasteiger partial charge in [0.1, 0.15) is 6.26 Å². The minimum Gasteiger partial charge on any atom is -0.444 e. The lowest BCUT2D eigenvalue weighted by atomic mass is 10.1. The molecule has 0 bridgehead atoms. The molecule has 0 atom stereocenters. The van der Waals surface area contributed by atoms with Gasteiger partial charge in [-0.1, -0.05) is 18.2 Å². The van der Waals surface area contributed by atoms with Gasteiger partial charge in [0.05, 0.1) is 22.2 Å². The first kappa shape index (κ1) is 14.5. The number of oxazole rings is 1. The first-order valence-corrected chi connectivity index (χ1v) is 7.78. The van der Waals surface area contributed by atoms with Gasteiger partial charge in [0.15, 0.2) is 0 Å². The van der Waals surface area contributed by atoms with E-state index in [-0.39, 0.29) is 0 Å². The molecule has 0 aliphatic carbocycles. The molecule has 0 N–H and O–H groups in total. The van der Waals surface area contributed by atoms with E-state index in [2.05, 4.69) is 16.0 Å². The minimum absolute atomic E-state index is 0.678. The Morgan fingerprint density at radius 1 is 1.23 bits per heavy atom. The average Bonchev–Trinajstić information content (AvgIpc) is 3.19. The fourth-order valence-electron chi connectivity index (χ4n) is 2.22. The third kappa shape index (κ3) is 3.42. The van der Waals surface area contributed by atoms with Gasteiger partial charge in [-0.3, -0.25) is 4.90 Å². The summed E-state index contributed by atoms with van der Waals surface area (Å²) in [5.74, 6) is 0.678. The predicted octanol–water partition coefficient (Wildman–Crippen LogP) is 3.91. The van der Waals surface area contributed by atoms with Gasteiger partial charge in [0.2, 0.25) is 5.89 Å². The molecule has 1 aromatic carbocycles. The van der Waals surface area contributed by atoms with Crippen molar-refractivity contribution in [2.24, 2.45) is 0 Å². The molecule has 3 rings (SSSR count). The number of hydrogen-bond donors (Lipinski definition) is 0. The largest absolute Gasteiger partial charge is 0.444 e. The van der Waals surface area contributed by atoms with Crippen LogP contribution in [0.3, 0.4) is 0 Å². The summed E-state index contributed by atoms with van der Waals surface area (Å²) < 4.78 is 5.53. The predicted molar refractivity (Wildman–Crippen MR) is 86.1 cm³/mol. The fourth-order valence-corrected chi connectivity index (χ4v) is 2.88. The van der Waals surface area contributed by atoms with Crippen LogP contribution in [0.5, 0.6) is 0 Å². The third-order valence-electron chi connectivity index (χ3n) is 3.25. The van der Waals surface area contributed by atoms with Crippen molar-refractivity contribution in [2.45, 2.75) is 13.1 Å². The molecule has 4 nitrogen and oxygen atoms in total. The topological polar surface area (TPSA) is 53.1 Å². The van der Waals surface area contributed by atoms with Crippen molar-refractivity contribution in [1.29, 1.82) is 5.26 Å². The normalized spacial score (nSPS) is 10.8. The lowest BCUT2D eigenvalue weighted by Crippen LogP contribution is -2.17. The van der Waals surface area contributed by atoms with Gasteiger partial charge < -0.3 is 4.42 Å². The Hall–Kier alpha value is -2.42. The van der Waals surface area contributed by atoms with E-state index in [1.165, 1.54) is 5.56 Å². The monoisotopic (exact) mass is 309 g/mol. The molecule has 22 heavy (non-hydrogen) atoms. The number of nitrogens with zero attached hydrogens (tertiary/aromatic N) is 3. The summed E-state index contributed by atoms with van der Waals surface area (Å²) in [6, 6.07) is 13.8. The van der Waals surface area contributed by atoms with E-state index in [4.69, 9.17) is 9.68 Å². The molecular formula is C17H15N3OS. The highest BCUT2D eigenvalue weighted by Crippen LogP contribution is 2.24. The van der Waals surface area contributed by atoms with Gasteiger partial charge in [-0.05, 0) is 36.2 Å². The van der Waals surface area contributed by atoms with Gasteiger partial charge >= 0.3 is 0 Å². The Kier molecular flexibility index (Phi) is 4.33. The Morgan fingerprint density at radius 3 is 2.73 bits per heavy atom. The number of rotatable bonds is 5. The van der Waals surface area contributed by atoms with Crippen molar-refractivity contribution in [2.75, 3.05) is 7.05 Å². The molecular weight excluding hydrogens is 294 g/mol. The van der Waals surface area contributed by atoms with Crippen molar-refractivity contribution in [3.63, 3.8) is 0 Å². The first-order chi connectivity index (χ1) is 10.7. The third-order valence-corrected chi connectivity index (χ3v) is 4.11. The first-order valence-electron chi connectivity index (χ1n) is 6.90. The molecule has 2 heterocycles. The smallest absolute Gasteiger partial charge is 0.236 e. The molecule has 0 unspecified atom stereocenters. The Balaban J connectivity index is 1.62. The van der Waals surface area contributed by atoms with Crippen molar-refractivity contribution < 1.29 is 4.42 Å². The van der Waals surface area contributed by atoms with Crippen LogP contribution in [0.25, 0.3) is 10.8 Å². The second kappa shape index (κ2) is 6.56. The van der Waals surface area contributed by atoms with Gasteiger partial charge in [-0.15, -0.1) is 11.3 Å². The molecule has 0 fully saturated rings. The SMILES string of the molecule is CN(Cc1ccc(C#N)cc1)Cc1coc(-c2cccs2)n1. The second-order valence-electron chi connectivity index (χ2n) is 5.10. The summed E-state index contributed by atoms with van der Waals surface area (Å²) in [5.41, 5.74) is 2.77. The zero-order valence-electron chi connectivity index (χ0n) is 12.2. The molecule has 0 amide bonds. The zero-order valence-corrected chi connectivity index (χ0v) is 13.0. The zero-order chi connectivity index (χ0) is 15.4. The molecule has 0 aliphatic rings. The van der Waals surface area contributed by atoms with Crippen LogP contribution in [0.1, 0.15) is 16.8 Å². The fraction of sp³-hybridized carbons (Fsp3) is 0.176. The van der Waals surface area contributed by atoms with Gasteiger partial charge in [-0.25, -0.2) is 4.98 Å². The maximum Gasteiger partial charge on any atom is 0.236 e. The van der Waals surface area contributed by atoms with Gasteiger partial charge in [0.25, 0.3) is 0 Å². The maximum absolute atomic E-state index is 8.81. The summed E-state index contributed by atoms with van der Waals surface area (Å²) >= 11 is 1.62. The molecule has 2 aromatic heterocycles. The summed E-state index contributed by atoms with van der Waals surface area (Å²) in [4.78, 5) is 7.73. The van der Waals surface area contributed by atoms with E-state index in [1.54, 1.807) is 17.6 Å². The highest BCUT2D eigenvalue weighted by molar-refractivity contribution is 7.13. The summed E-state index contributed by atoms with van der Waals surface area (Å²) in [6.07, 6.45) is 1.71. The summed E-state index contributed by atoms with van der Waals surface area (Å²) in [6.45, 7) is 1.52. The van der Waals surface area contributed by atoms with E-state index in [9.17, 15) is 0 Å². The molecule has 5 heteroatoms. The van der Waals surface area contributed by atoms with Crippen molar-refractivity contribution in [1.82, 2.24) is 9.88 Å². The van der Waals surface area contributed by atoms with E-state index >= 15 is 0 Å². The molecule has 0 aliphatic heterocycles. The molecule has 0 radical (unpaired) electrons. The number of nitriles is 1. The van der Waals surface area contributed by atoms with Crippen LogP contribution >= 0.6 is 11.3 Å². The van der Waals surface area contributed by atoms with Crippen molar-refractivity contribution in [3.05, 3.63) is 64.9 Å². The molecule has 110 valence electrons. The Labute approximate surface area is 133 Å². The molecule has 0 saturated carbocycles. The van der Waals surface area contributed by atoms with Crippen LogP contribution in [0.15, 0.2) is 52.5 Å². The number of aromatic nitrogens is 1. The lowest BCUT2D eigenvalue weighted by molar-refractivity contribution is 0.315. The molecule has 3 aromatic rings. The van der Waals surface area contributed by atoms with Crippen LogP contribution < -0.4 is 0 Å². The standard InChI is InChI=1S/C17H15N3OS/c1-20(10-14-6-4-13(9-18)5-7-14)11-15-12-21-17(19-15)16-3-2-8-22-16/h2-8,12H,10-11H2,1H3. The van der Waals surface area contributed by atoms with Crippen LogP contribution in [-0.2, 0) is 13.1 Å². The number of hydrogen-bond acceptors (Lipinski definition) is 5. The van der Waals surface area contributed by atoms with Gasteiger partial charge in [-0.2, -0.15) is 5.26 Å². The Morgan fingerprint density at radius 2 is 2.05 bits per heavy atom. The lowest BCUT2D eigenvalue weighted by Gasteiger charge is -2.14. The van der Waals surface area contributed by atoms with E-state index in [0.29, 0.717) is 11.5 Å². The van der Waals surface area contributed by atoms with Crippen LogP contribution in [0.4, 0.5) is 0 Å². The quantitative estimate of drug-likeness (QED) is 0.717. The van der Waals surface area contributed by atoms with Crippen LogP contribution in [-0.4, -0.2) is 16.9 Å². The van der Waals surface area contributed by atoms with Crippen molar-refractivity contribution >= 4 is 11.3 Å². The van der Waals surface area contributed by atoms with Gasteiger partial charge in [0, 0.05) is 13.1 Å². The molecule has 0 saturated heterocycles. The average molecular weight is 309 g/mol. The summed E-state index contributed by atoms with van der Waals surface area (Å²) in [5, 5.41) is 10.8. The minimum atomic E-state index is 0.678. The second-order valence-corrected chi connectivity index (χ2v) is 6.05. The summed E-state index contributed by atoms with van der Waals surface area (Å²) in [7, 11) is 2.04.